The molecule has 3 N–H and O–H groups in total. The number of primary amides is 1. The number of amides is 1. The highest BCUT2D eigenvalue weighted by Gasteiger charge is 2.16. The van der Waals surface area contributed by atoms with Crippen molar-refractivity contribution in [1.82, 2.24) is 0 Å². The van der Waals surface area contributed by atoms with E-state index in [1.165, 1.54) is 12.1 Å². The first kappa shape index (κ1) is 12.1. The smallest absolute Gasteiger partial charge is 0.244 e. The van der Waals surface area contributed by atoms with Crippen LogP contribution < -0.4 is 11.1 Å². The standard InChI is InChI=1S/C14H13FN2O/c15-11-6-8-12(9-7-11)17-13(14(16)18)10-4-2-1-3-5-10/h1-9,13,17H,(H2,16,18)/t13-/m1/s1. The molecule has 92 valence electrons. The van der Waals surface area contributed by atoms with E-state index in [1.807, 2.05) is 30.3 Å². The molecule has 0 spiro atoms. The molecule has 0 aliphatic rings. The van der Waals surface area contributed by atoms with Crippen molar-refractivity contribution in [3.05, 3.63) is 66.0 Å². The molecular weight excluding hydrogens is 231 g/mol. The fourth-order valence-electron chi connectivity index (χ4n) is 1.68. The van der Waals surface area contributed by atoms with Crippen molar-refractivity contribution in [2.24, 2.45) is 5.73 Å². The van der Waals surface area contributed by atoms with Crippen LogP contribution in [0.2, 0.25) is 0 Å². The molecule has 0 unspecified atom stereocenters. The Kier molecular flexibility index (Phi) is 3.57. The summed E-state index contributed by atoms with van der Waals surface area (Å²) in [5.41, 5.74) is 6.79. The second kappa shape index (κ2) is 5.31. The van der Waals surface area contributed by atoms with Crippen LogP contribution >= 0.6 is 0 Å². The van der Waals surface area contributed by atoms with Gasteiger partial charge in [-0.1, -0.05) is 30.3 Å². The number of carbonyl (C=O) groups excluding carboxylic acids is 1. The Hall–Kier alpha value is -2.36. The van der Waals surface area contributed by atoms with Gasteiger partial charge in [-0.05, 0) is 29.8 Å². The first-order valence-corrected chi connectivity index (χ1v) is 5.53. The summed E-state index contributed by atoms with van der Waals surface area (Å²) in [6.07, 6.45) is 0. The van der Waals surface area contributed by atoms with Crippen LogP contribution in [-0.4, -0.2) is 5.91 Å². The summed E-state index contributed by atoms with van der Waals surface area (Å²) in [6, 6.07) is 14.3. The highest BCUT2D eigenvalue weighted by Crippen LogP contribution is 2.19. The van der Waals surface area contributed by atoms with Gasteiger partial charge >= 0.3 is 0 Å². The van der Waals surface area contributed by atoms with E-state index >= 15 is 0 Å². The fraction of sp³-hybridized carbons (Fsp3) is 0.0714. The van der Waals surface area contributed by atoms with E-state index < -0.39 is 11.9 Å². The molecular formula is C14H13FN2O. The van der Waals surface area contributed by atoms with E-state index in [-0.39, 0.29) is 5.82 Å². The van der Waals surface area contributed by atoms with Crippen molar-refractivity contribution in [2.75, 3.05) is 5.32 Å². The van der Waals surface area contributed by atoms with Crippen LogP contribution in [0, 0.1) is 5.82 Å². The van der Waals surface area contributed by atoms with Crippen molar-refractivity contribution in [3.8, 4) is 0 Å². The Morgan fingerprint density at radius 3 is 2.22 bits per heavy atom. The van der Waals surface area contributed by atoms with Gasteiger partial charge in [-0.15, -0.1) is 0 Å². The number of nitrogens with two attached hydrogens (primary N) is 1. The third-order valence-electron chi connectivity index (χ3n) is 2.57. The molecule has 3 nitrogen and oxygen atoms in total. The first-order valence-electron chi connectivity index (χ1n) is 5.53. The average molecular weight is 244 g/mol. The number of halogens is 1. The molecule has 4 heteroatoms. The summed E-state index contributed by atoms with van der Waals surface area (Å²) >= 11 is 0. The van der Waals surface area contributed by atoms with Crippen molar-refractivity contribution < 1.29 is 9.18 Å². The van der Waals surface area contributed by atoms with Crippen LogP contribution in [0.15, 0.2) is 54.6 Å². The van der Waals surface area contributed by atoms with Crippen LogP contribution in [0.4, 0.5) is 10.1 Å². The molecule has 0 heterocycles. The summed E-state index contributed by atoms with van der Waals surface area (Å²) in [5.74, 6) is -0.804. The molecule has 0 aliphatic heterocycles. The van der Waals surface area contributed by atoms with Crippen LogP contribution in [0.25, 0.3) is 0 Å². The molecule has 0 aliphatic carbocycles. The largest absolute Gasteiger partial charge is 0.370 e. The van der Waals surface area contributed by atoms with Crippen LogP contribution in [0.3, 0.4) is 0 Å². The second-order valence-corrected chi connectivity index (χ2v) is 3.90. The molecule has 2 aromatic rings. The summed E-state index contributed by atoms with van der Waals surface area (Å²) in [7, 11) is 0. The van der Waals surface area contributed by atoms with Gasteiger partial charge in [0.05, 0.1) is 0 Å². The minimum absolute atomic E-state index is 0.323. The van der Waals surface area contributed by atoms with Crippen molar-refractivity contribution >= 4 is 11.6 Å². The second-order valence-electron chi connectivity index (χ2n) is 3.90. The molecule has 18 heavy (non-hydrogen) atoms. The zero-order chi connectivity index (χ0) is 13.0. The zero-order valence-electron chi connectivity index (χ0n) is 9.64. The number of anilines is 1. The predicted octanol–water partition coefficient (Wildman–Crippen LogP) is 2.46. The maximum atomic E-state index is 12.8. The topological polar surface area (TPSA) is 55.1 Å². The molecule has 0 aromatic heterocycles. The summed E-state index contributed by atoms with van der Waals surface area (Å²) in [5, 5.41) is 2.98. The molecule has 1 atom stereocenters. The van der Waals surface area contributed by atoms with E-state index in [1.54, 1.807) is 12.1 Å². The highest BCUT2D eigenvalue weighted by atomic mass is 19.1. The molecule has 2 aromatic carbocycles. The number of hydrogen-bond acceptors (Lipinski definition) is 2. The molecule has 0 saturated carbocycles. The van der Waals surface area contributed by atoms with Crippen molar-refractivity contribution in [3.63, 3.8) is 0 Å². The number of benzene rings is 2. The normalized spacial score (nSPS) is 11.8. The lowest BCUT2D eigenvalue weighted by Crippen LogP contribution is -2.27. The summed E-state index contributed by atoms with van der Waals surface area (Å²) in [4.78, 5) is 11.5. The van der Waals surface area contributed by atoms with E-state index in [2.05, 4.69) is 5.32 Å². The first-order chi connectivity index (χ1) is 8.66. The molecule has 0 fully saturated rings. The van der Waals surface area contributed by atoms with Gasteiger partial charge in [0.1, 0.15) is 11.9 Å². The average Bonchev–Trinajstić information content (AvgIpc) is 2.38. The van der Waals surface area contributed by atoms with Gasteiger partial charge in [-0.3, -0.25) is 4.79 Å². The quantitative estimate of drug-likeness (QED) is 0.868. The SMILES string of the molecule is NC(=O)[C@H](Nc1ccc(F)cc1)c1ccccc1. The number of nitrogens with one attached hydrogen (secondary N) is 1. The third-order valence-corrected chi connectivity index (χ3v) is 2.57. The summed E-state index contributed by atoms with van der Waals surface area (Å²) < 4.78 is 12.8. The monoisotopic (exact) mass is 244 g/mol. The minimum Gasteiger partial charge on any atom is -0.370 e. The van der Waals surface area contributed by atoms with Crippen molar-refractivity contribution in [2.45, 2.75) is 6.04 Å². The zero-order valence-corrected chi connectivity index (χ0v) is 9.64. The Labute approximate surface area is 104 Å². The lowest BCUT2D eigenvalue weighted by molar-refractivity contribution is -0.118. The Balaban J connectivity index is 2.22. The number of rotatable bonds is 4. The lowest BCUT2D eigenvalue weighted by Gasteiger charge is -2.17. The van der Waals surface area contributed by atoms with Crippen LogP contribution in [-0.2, 0) is 4.79 Å². The maximum absolute atomic E-state index is 12.8. The molecule has 0 radical (unpaired) electrons. The fourth-order valence-corrected chi connectivity index (χ4v) is 1.68. The molecule has 0 saturated heterocycles. The van der Waals surface area contributed by atoms with Gasteiger partial charge < -0.3 is 11.1 Å². The molecule has 2 rings (SSSR count). The van der Waals surface area contributed by atoms with E-state index in [4.69, 9.17) is 5.73 Å². The summed E-state index contributed by atoms with van der Waals surface area (Å²) in [6.45, 7) is 0. The van der Waals surface area contributed by atoms with Crippen molar-refractivity contribution in [1.29, 1.82) is 0 Å². The lowest BCUT2D eigenvalue weighted by atomic mass is 10.1. The van der Waals surface area contributed by atoms with Gasteiger partial charge in [0.25, 0.3) is 0 Å². The van der Waals surface area contributed by atoms with E-state index in [0.717, 1.165) is 5.56 Å². The van der Waals surface area contributed by atoms with Gasteiger partial charge in [0.15, 0.2) is 0 Å². The van der Waals surface area contributed by atoms with Crippen LogP contribution in [0.1, 0.15) is 11.6 Å². The minimum atomic E-state index is -0.628. The highest BCUT2D eigenvalue weighted by molar-refractivity contribution is 5.84. The van der Waals surface area contributed by atoms with Gasteiger partial charge in [-0.2, -0.15) is 0 Å². The number of carbonyl (C=O) groups is 1. The Morgan fingerprint density at radius 2 is 1.67 bits per heavy atom. The van der Waals surface area contributed by atoms with Gasteiger partial charge in [0.2, 0.25) is 5.91 Å². The molecule has 0 bridgehead atoms. The Bertz CT molecular complexity index is 525. The Morgan fingerprint density at radius 1 is 1.06 bits per heavy atom. The predicted molar refractivity (Wildman–Crippen MR) is 68.4 cm³/mol. The third kappa shape index (κ3) is 2.85. The molecule has 1 amide bonds. The van der Waals surface area contributed by atoms with Crippen LogP contribution in [0.5, 0.6) is 0 Å². The van der Waals surface area contributed by atoms with Gasteiger partial charge in [0, 0.05) is 5.69 Å². The maximum Gasteiger partial charge on any atom is 0.244 e. The van der Waals surface area contributed by atoms with Gasteiger partial charge in [-0.25, -0.2) is 4.39 Å². The van der Waals surface area contributed by atoms with E-state index in [0.29, 0.717) is 5.69 Å². The number of hydrogen-bond donors (Lipinski definition) is 2. The van der Waals surface area contributed by atoms with E-state index in [9.17, 15) is 9.18 Å².